The molecule has 2 rings (SSSR count). The molecular weight excluding hydrogens is 384 g/mol. The molecule has 0 atom stereocenters. The topological polar surface area (TPSA) is 160 Å². The molecule has 0 aromatic heterocycles. The Morgan fingerprint density at radius 3 is 1.33 bits per heavy atom. The van der Waals surface area contributed by atoms with Crippen LogP contribution in [0.4, 0.5) is 11.4 Å². The largest absolute Gasteiger partial charge is 0.379 e. The molecule has 0 fully saturated rings. The molecule has 10 nitrogen and oxygen atoms in total. The van der Waals surface area contributed by atoms with Gasteiger partial charge < -0.3 is 22.1 Å². The van der Waals surface area contributed by atoms with Crippen molar-refractivity contribution in [2.45, 2.75) is 13.8 Å². The van der Waals surface area contributed by atoms with E-state index in [1.54, 1.807) is 48.5 Å². The lowest BCUT2D eigenvalue weighted by Gasteiger charge is -2.01. The van der Waals surface area contributed by atoms with Gasteiger partial charge in [0.15, 0.2) is 11.7 Å². The van der Waals surface area contributed by atoms with Gasteiger partial charge in [0, 0.05) is 25.2 Å². The van der Waals surface area contributed by atoms with Gasteiger partial charge in [-0.05, 0) is 35.4 Å². The number of nitrogens with two attached hydrogens (primary N) is 2. The van der Waals surface area contributed by atoms with Gasteiger partial charge in [-0.25, -0.2) is 0 Å². The fourth-order valence-electron chi connectivity index (χ4n) is 2.13. The molecule has 2 aromatic carbocycles. The first kappa shape index (κ1) is 22.0. The molecule has 6 N–H and O–H groups in total. The predicted molar refractivity (Wildman–Crippen MR) is 120 cm³/mol. The van der Waals surface area contributed by atoms with Gasteiger partial charge in [-0.1, -0.05) is 24.3 Å². The lowest BCUT2D eigenvalue weighted by Crippen LogP contribution is -2.30. The monoisotopic (exact) mass is 406 g/mol. The van der Waals surface area contributed by atoms with Gasteiger partial charge >= 0.3 is 0 Å². The first-order chi connectivity index (χ1) is 14.3. The van der Waals surface area contributed by atoms with Crippen molar-refractivity contribution in [1.29, 1.82) is 0 Å². The van der Waals surface area contributed by atoms with Gasteiger partial charge in [0.05, 0.1) is 12.4 Å². The summed E-state index contributed by atoms with van der Waals surface area (Å²) in [6, 6.07) is 14.0. The van der Waals surface area contributed by atoms with E-state index in [0.29, 0.717) is 11.4 Å². The van der Waals surface area contributed by atoms with Crippen molar-refractivity contribution in [3.8, 4) is 0 Å². The van der Waals surface area contributed by atoms with Crippen molar-refractivity contribution in [2.24, 2.45) is 31.9 Å². The Kier molecular flexibility index (Phi) is 7.94. The minimum absolute atomic E-state index is 0.0840. The second-order valence-corrected chi connectivity index (χ2v) is 6.07. The fourth-order valence-corrected chi connectivity index (χ4v) is 2.13. The summed E-state index contributed by atoms with van der Waals surface area (Å²) in [4.78, 5) is 22.0. The molecule has 0 unspecified atom stereocenters. The van der Waals surface area contributed by atoms with E-state index in [2.05, 4.69) is 31.0 Å². The number of anilines is 2. The van der Waals surface area contributed by atoms with Crippen molar-refractivity contribution >= 4 is 47.3 Å². The van der Waals surface area contributed by atoms with Crippen LogP contribution in [0, 0.1) is 0 Å². The zero-order chi connectivity index (χ0) is 21.9. The van der Waals surface area contributed by atoms with Crippen LogP contribution in [0.1, 0.15) is 25.0 Å². The van der Waals surface area contributed by atoms with E-state index >= 15 is 0 Å². The van der Waals surface area contributed by atoms with E-state index in [1.807, 2.05) is 0 Å². The quantitative estimate of drug-likeness (QED) is 0.326. The molecule has 0 aliphatic rings. The minimum atomic E-state index is -0.145. The van der Waals surface area contributed by atoms with E-state index in [4.69, 9.17) is 11.5 Å². The zero-order valence-corrected chi connectivity index (χ0v) is 16.5. The number of amides is 2. The van der Waals surface area contributed by atoms with Crippen molar-refractivity contribution in [1.82, 2.24) is 0 Å². The molecule has 0 spiro atoms. The molecule has 0 saturated carbocycles. The van der Waals surface area contributed by atoms with Crippen LogP contribution in [0.3, 0.4) is 0 Å². The van der Waals surface area contributed by atoms with Crippen LogP contribution in [-0.4, -0.2) is 35.9 Å². The summed E-state index contributed by atoms with van der Waals surface area (Å²) in [5, 5.41) is 20.6. The van der Waals surface area contributed by atoms with Crippen molar-refractivity contribution < 1.29 is 9.59 Å². The number of rotatable bonds is 6. The van der Waals surface area contributed by atoms with Crippen LogP contribution < -0.4 is 22.1 Å². The molecule has 10 heteroatoms. The summed E-state index contributed by atoms with van der Waals surface area (Å²) in [7, 11) is 0. The second kappa shape index (κ2) is 10.9. The SMILES string of the molecule is CC(=O)Nc1ccc(C=N\N=C(N)/C(N)=N/N=C\c2ccc(NC(C)=O)cc2)cc1. The van der Waals surface area contributed by atoms with Gasteiger partial charge in [0.25, 0.3) is 0 Å². The molecule has 2 amide bonds. The third-order valence-corrected chi connectivity index (χ3v) is 3.47. The highest BCUT2D eigenvalue weighted by molar-refractivity contribution is 6.39. The number of nitrogens with zero attached hydrogens (tertiary/aromatic N) is 4. The van der Waals surface area contributed by atoms with E-state index in [-0.39, 0.29) is 23.5 Å². The Bertz CT molecular complexity index is 923. The summed E-state index contributed by atoms with van der Waals surface area (Å²) >= 11 is 0. The van der Waals surface area contributed by atoms with Crippen LogP contribution >= 0.6 is 0 Å². The van der Waals surface area contributed by atoms with E-state index in [9.17, 15) is 9.59 Å². The maximum absolute atomic E-state index is 11.0. The fraction of sp³-hybridized carbons (Fsp3) is 0.100. The Hall–Kier alpha value is -4.34. The number of hydrogen-bond donors (Lipinski definition) is 4. The lowest BCUT2D eigenvalue weighted by molar-refractivity contribution is -0.115. The van der Waals surface area contributed by atoms with Crippen LogP contribution in [0.5, 0.6) is 0 Å². The normalized spacial score (nSPS) is 12.3. The highest BCUT2D eigenvalue weighted by Gasteiger charge is 1.99. The Morgan fingerprint density at radius 1 is 0.700 bits per heavy atom. The third kappa shape index (κ3) is 7.72. The Labute approximate surface area is 173 Å². The second-order valence-electron chi connectivity index (χ2n) is 6.07. The zero-order valence-electron chi connectivity index (χ0n) is 16.5. The molecule has 30 heavy (non-hydrogen) atoms. The van der Waals surface area contributed by atoms with E-state index < -0.39 is 0 Å². The lowest BCUT2D eigenvalue weighted by atomic mass is 10.2. The summed E-state index contributed by atoms with van der Waals surface area (Å²) in [6.45, 7) is 2.87. The summed E-state index contributed by atoms with van der Waals surface area (Å²) < 4.78 is 0. The average Bonchev–Trinajstić information content (AvgIpc) is 2.69. The summed E-state index contributed by atoms with van der Waals surface area (Å²) in [5.41, 5.74) is 14.3. The first-order valence-corrected chi connectivity index (χ1v) is 8.82. The smallest absolute Gasteiger partial charge is 0.221 e. The van der Waals surface area contributed by atoms with Crippen molar-refractivity contribution in [3.63, 3.8) is 0 Å². The highest BCUT2D eigenvalue weighted by atomic mass is 16.2. The summed E-state index contributed by atoms with van der Waals surface area (Å²) in [5.74, 6) is -0.458. The van der Waals surface area contributed by atoms with Gasteiger partial charge in [-0.15, -0.1) is 10.2 Å². The minimum Gasteiger partial charge on any atom is -0.379 e. The molecule has 0 saturated heterocycles. The molecule has 0 heterocycles. The molecule has 0 bridgehead atoms. The van der Waals surface area contributed by atoms with Gasteiger partial charge in [0.1, 0.15) is 0 Å². The van der Waals surface area contributed by atoms with Gasteiger partial charge in [0.2, 0.25) is 11.8 Å². The van der Waals surface area contributed by atoms with Gasteiger partial charge in [-0.3, -0.25) is 9.59 Å². The molecule has 154 valence electrons. The molecular formula is C20H22N8O2. The predicted octanol–water partition coefficient (Wildman–Crippen LogP) is 1.69. The molecule has 0 radical (unpaired) electrons. The van der Waals surface area contributed by atoms with Crippen LogP contribution in [0.25, 0.3) is 0 Å². The standard InChI is InChI=1S/C20H22N8O2/c1-13(29)25-17-7-3-15(4-8-17)11-23-27-19(21)20(22)28-24-12-16-5-9-18(10-6-16)26-14(2)30/h3-12H,1-2H3,(H2,21,27)(H2,22,28)(H,25,29)(H,26,30)/b23-11-,24-12?. The van der Waals surface area contributed by atoms with E-state index in [0.717, 1.165) is 11.1 Å². The number of nitrogens with one attached hydrogen (secondary N) is 2. The number of benzene rings is 2. The van der Waals surface area contributed by atoms with Crippen molar-refractivity contribution in [3.05, 3.63) is 59.7 Å². The maximum Gasteiger partial charge on any atom is 0.221 e. The molecule has 2 aromatic rings. The van der Waals surface area contributed by atoms with E-state index in [1.165, 1.54) is 26.3 Å². The first-order valence-electron chi connectivity index (χ1n) is 8.82. The number of carbonyl (C=O) groups excluding carboxylic acids is 2. The maximum atomic E-state index is 11.0. The van der Waals surface area contributed by atoms with Crippen LogP contribution in [0.15, 0.2) is 68.9 Å². The number of hydrogen-bond acceptors (Lipinski definition) is 6. The Morgan fingerprint density at radius 2 is 1.03 bits per heavy atom. The van der Waals surface area contributed by atoms with Crippen LogP contribution in [0.2, 0.25) is 0 Å². The summed E-state index contributed by atoms with van der Waals surface area (Å²) in [6.07, 6.45) is 2.97. The molecule has 0 aliphatic heterocycles. The molecule has 0 aliphatic carbocycles. The number of carbonyl (C=O) groups is 2. The van der Waals surface area contributed by atoms with Crippen molar-refractivity contribution in [2.75, 3.05) is 10.6 Å². The average molecular weight is 406 g/mol. The highest BCUT2D eigenvalue weighted by Crippen LogP contribution is 2.09. The number of amidine groups is 2. The third-order valence-electron chi connectivity index (χ3n) is 3.47. The van der Waals surface area contributed by atoms with Crippen LogP contribution in [-0.2, 0) is 9.59 Å². The Balaban J connectivity index is 1.94. The van der Waals surface area contributed by atoms with Gasteiger partial charge in [-0.2, -0.15) is 10.2 Å².